The van der Waals surface area contributed by atoms with Crippen molar-refractivity contribution in [3.05, 3.63) is 48.2 Å². The summed E-state index contributed by atoms with van der Waals surface area (Å²) in [7, 11) is 0. The average molecular weight is 267 g/mol. The number of hydrogen-bond acceptors (Lipinski definition) is 3. The van der Waals surface area contributed by atoms with Gasteiger partial charge in [0.2, 0.25) is 0 Å². The molecule has 0 aliphatic heterocycles. The van der Waals surface area contributed by atoms with Crippen LogP contribution in [0.25, 0.3) is 11.0 Å². The second-order valence-electron chi connectivity index (χ2n) is 5.47. The number of anilines is 1. The lowest BCUT2D eigenvalue weighted by atomic mass is 10.2. The molecule has 0 spiro atoms. The molecule has 0 unspecified atom stereocenters. The van der Waals surface area contributed by atoms with E-state index in [-0.39, 0.29) is 0 Å². The van der Waals surface area contributed by atoms with Gasteiger partial charge in [-0.05, 0) is 43.2 Å². The third-order valence-corrected chi connectivity index (χ3v) is 3.91. The molecule has 1 aliphatic carbocycles. The molecule has 0 atom stereocenters. The summed E-state index contributed by atoms with van der Waals surface area (Å²) in [6, 6.07) is 9.94. The fourth-order valence-corrected chi connectivity index (χ4v) is 2.73. The van der Waals surface area contributed by atoms with E-state index in [2.05, 4.69) is 10.6 Å². The van der Waals surface area contributed by atoms with E-state index in [4.69, 9.17) is 15.1 Å². The van der Waals surface area contributed by atoms with Gasteiger partial charge in [0.1, 0.15) is 11.6 Å². The number of fused-ring (bicyclic) bond motifs is 1. The molecule has 0 amide bonds. The molecule has 2 N–H and O–H groups in total. The summed E-state index contributed by atoms with van der Waals surface area (Å²) in [6.45, 7) is 0.903. The standard InChI is InChI=1S/C16H17N3O/c17-12-5-6-15-14(10-12)18-16(11-3-4-11)19(15)8-7-13-2-1-9-20-13/h1-2,5-6,9-11H,3-4,7-8,17H2. The molecule has 102 valence electrons. The second-order valence-corrected chi connectivity index (χ2v) is 5.47. The highest BCUT2D eigenvalue weighted by molar-refractivity contribution is 5.79. The summed E-state index contributed by atoms with van der Waals surface area (Å²) in [6.07, 6.45) is 5.12. The largest absolute Gasteiger partial charge is 0.469 e. The molecule has 4 heteroatoms. The van der Waals surface area contributed by atoms with Crippen molar-refractivity contribution in [2.75, 3.05) is 5.73 Å². The van der Waals surface area contributed by atoms with Crippen LogP contribution in [0.1, 0.15) is 30.3 Å². The van der Waals surface area contributed by atoms with Crippen molar-refractivity contribution in [2.45, 2.75) is 31.7 Å². The zero-order chi connectivity index (χ0) is 13.5. The molecule has 4 rings (SSSR count). The molecule has 1 fully saturated rings. The summed E-state index contributed by atoms with van der Waals surface area (Å²) >= 11 is 0. The smallest absolute Gasteiger partial charge is 0.113 e. The summed E-state index contributed by atoms with van der Waals surface area (Å²) < 4.78 is 7.75. The molecule has 1 saturated carbocycles. The van der Waals surface area contributed by atoms with E-state index in [1.165, 1.54) is 24.2 Å². The first-order valence-electron chi connectivity index (χ1n) is 7.09. The number of aromatic nitrogens is 2. The Morgan fingerprint density at radius 2 is 2.20 bits per heavy atom. The molecule has 2 heterocycles. The highest BCUT2D eigenvalue weighted by atomic mass is 16.3. The Kier molecular flexibility index (Phi) is 2.55. The Hall–Kier alpha value is -2.23. The van der Waals surface area contributed by atoms with E-state index >= 15 is 0 Å². The second kappa shape index (κ2) is 4.40. The van der Waals surface area contributed by atoms with Crippen molar-refractivity contribution in [2.24, 2.45) is 0 Å². The van der Waals surface area contributed by atoms with Crippen LogP contribution in [0.15, 0.2) is 41.0 Å². The average Bonchev–Trinajstić information content (AvgIpc) is 3.03. The summed E-state index contributed by atoms with van der Waals surface area (Å²) in [5.41, 5.74) is 8.82. The fraction of sp³-hybridized carbons (Fsp3) is 0.312. The summed E-state index contributed by atoms with van der Waals surface area (Å²) in [4.78, 5) is 4.79. The van der Waals surface area contributed by atoms with Gasteiger partial charge in [0, 0.05) is 24.6 Å². The van der Waals surface area contributed by atoms with Gasteiger partial charge < -0.3 is 14.7 Å². The Morgan fingerprint density at radius 1 is 1.30 bits per heavy atom. The van der Waals surface area contributed by atoms with Gasteiger partial charge in [-0.25, -0.2) is 4.98 Å². The molecular weight excluding hydrogens is 250 g/mol. The van der Waals surface area contributed by atoms with Crippen LogP contribution in [0.4, 0.5) is 5.69 Å². The van der Waals surface area contributed by atoms with Crippen LogP contribution in [0, 0.1) is 0 Å². The first kappa shape index (κ1) is 11.6. The van der Waals surface area contributed by atoms with Crippen molar-refractivity contribution in [3.8, 4) is 0 Å². The van der Waals surface area contributed by atoms with Gasteiger partial charge in [-0.1, -0.05) is 0 Å². The molecule has 1 aromatic carbocycles. The van der Waals surface area contributed by atoms with Crippen LogP contribution in [0.2, 0.25) is 0 Å². The molecule has 20 heavy (non-hydrogen) atoms. The number of furan rings is 1. The molecule has 2 aromatic heterocycles. The minimum absolute atomic E-state index is 0.625. The van der Waals surface area contributed by atoms with E-state index in [0.717, 1.165) is 29.9 Å². The lowest BCUT2D eigenvalue weighted by Gasteiger charge is -2.07. The number of aryl methyl sites for hydroxylation is 2. The Balaban J connectivity index is 1.73. The normalized spacial score (nSPS) is 15.0. The van der Waals surface area contributed by atoms with Crippen LogP contribution < -0.4 is 5.73 Å². The first-order chi connectivity index (χ1) is 9.81. The minimum Gasteiger partial charge on any atom is -0.469 e. The highest BCUT2D eigenvalue weighted by Crippen LogP contribution is 2.40. The lowest BCUT2D eigenvalue weighted by molar-refractivity contribution is 0.490. The van der Waals surface area contributed by atoms with Gasteiger partial charge in [-0.2, -0.15) is 0 Å². The number of hydrogen-bond donors (Lipinski definition) is 1. The Bertz CT molecular complexity index is 739. The highest BCUT2D eigenvalue weighted by Gasteiger charge is 2.29. The van der Waals surface area contributed by atoms with E-state index in [1.54, 1.807) is 6.26 Å². The number of nitrogen functional groups attached to an aromatic ring is 1. The van der Waals surface area contributed by atoms with Crippen molar-refractivity contribution in [1.82, 2.24) is 9.55 Å². The molecule has 1 aliphatic rings. The first-order valence-corrected chi connectivity index (χ1v) is 7.09. The summed E-state index contributed by atoms with van der Waals surface area (Å²) in [5.74, 6) is 2.85. The third-order valence-electron chi connectivity index (χ3n) is 3.91. The van der Waals surface area contributed by atoms with Crippen molar-refractivity contribution < 1.29 is 4.42 Å². The van der Waals surface area contributed by atoms with E-state index < -0.39 is 0 Å². The molecule has 0 saturated heterocycles. The lowest BCUT2D eigenvalue weighted by Crippen LogP contribution is -2.05. The molecular formula is C16H17N3O. The minimum atomic E-state index is 0.625. The molecule has 3 aromatic rings. The van der Waals surface area contributed by atoms with E-state index in [0.29, 0.717) is 5.92 Å². The maximum Gasteiger partial charge on any atom is 0.113 e. The van der Waals surface area contributed by atoms with Crippen molar-refractivity contribution in [1.29, 1.82) is 0 Å². The number of imidazole rings is 1. The van der Waals surface area contributed by atoms with Crippen LogP contribution >= 0.6 is 0 Å². The predicted molar refractivity (Wildman–Crippen MR) is 78.5 cm³/mol. The van der Waals surface area contributed by atoms with Gasteiger partial charge in [0.25, 0.3) is 0 Å². The number of nitrogens with two attached hydrogens (primary N) is 1. The SMILES string of the molecule is Nc1ccc2c(c1)nc(C1CC1)n2CCc1ccco1. The van der Waals surface area contributed by atoms with E-state index in [9.17, 15) is 0 Å². The maximum absolute atomic E-state index is 5.86. The van der Waals surface area contributed by atoms with Crippen molar-refractivity contribution in [3.63, 3.8) is 0 Å². The van der Waals surface area contributed by atoms with E-state index in [1.807, 2.05) is 24.3 Å². The maximum atomic E-state index is 5.86. The number of benzene rings is 1. The van der Waals surface area contributed by atoms with Gasteiger partial charge in [0.15, 0.2) is 0 Å². The zero-order valence-electron chi connectivity index (χ0n) is 11.2. The predicted octanol–water partition coefficient (Wildman–Crippen LogP) is 3.33. The van der Waals surface area contributed by atoms with Crippen LogP contribution in [-0.4, -0.2) is 9.55 Å². The van der Waals surface area contributed by atoms with Crippen molar-refractivity contribution >= 4 is 16.7 Å². The number of rotatable bonds is 4. The number of nitrogens with zero attached hydrogens (tertiary/aromatic N) is 2. The van der Waals surface area contributed by atoms with Crippen LogP contribution in [-0.2, 0) is 13.0 Å². The Morgan fingerprint density at radius 3 is 2.95 bits per heavy atom. The van der Waals surface area contributed by atoms with Crippen LogP contribution in [0.5, 0.6) is 0 Å². The monoisotopic (exact) mass is 267 g/mol. The topological polar surface area (TPSA) is 57.0 Å². The summed E-state index contributed by atoms with van der Waals surface area (Å²) in [5, 5.41) is 0. The van der Waals surface area contributed by atoms with Crippen LogP contribution in [0.3, 0.4) is 0 Å². The quantitative estimate of drug-likeness (QED) is 0.738. The zero-order valence-corrected chi connectivity index (χ0v) is 11.2. The Labute approximate surface area is 117 Å². The van der Waals surface area contributed by atoms with Gasteiger partial charge in [-0.15, -0.1) is 0 Å². The van der Waals surface area contributed by atoms with Gasteiger partial charge in [0.05, 0.1) is 17.3 Å². The molecule has 4 nitrogen and oxygen atoms in total. The van der Waals surface area contributed by atoms with Gasteiger partial charge in [-0.3, -0.25) is 0 Å². The molecule has 0 bridgehead atoms. The van der Waals surface area contributed by atoms with Gasteiger partial charge >= 0.3 is 0 Å². The third kappa shape index (κ3) is 1.97. The fourth-order valence-electron chi connectivity index (χ4n) is 2.73. The molecule has 0 radical (unpaired) electrons.